The summed E-state index contributed by atoms with van der Waals surface area (Å²) in [5.74, 6) is -0.892. The first-order chi connectivity index (χ1) is 12.6. The Balaban J connectivity index is 1.42. The highest BCUT2D eigenvalue weighted by molar-refractivity contribution is 5.96. The first kappa shape index (κ1) is 17.8. The lowest BCUT2D eigenvalue weighted by molar-refractivity contribution is -0.131. The molecule has 0 aliphatic carbocycles. The van der Waals surface area contributed by atoms with Crippen LogP contribution >= 0.6 is 0 Å². The van der Waals surface area contributed by atoms with Gasteiger partial charge in [0, 0.05) is 42.8 Å². The predicted octanol–water partition coefficient (Wildman–Crippen LogP) is 2.05. The van der Waals surface area contributed by atoms with Gasteiger partial charge in [0.1, 0.15) is 5.82 Å². The van der Waals surface area contributed by atoms with Crippen LogP contribution in [0.4, 0.5) is 10.1 Å². The molecule has 136 valence electrons. The summed E-state index contributed by atoms with van der Waals surface area (Å²) < 4.78 is 12.9. The van der Waals surface area contributed by atoms with Crippen LogP contribution in [0, 0.1) is 5.82 Å². The van der Waals surface area contributed by atoms with Crippen LogP contribution in [0.1, 0.15) is 23.2 Å². The van der Waals surface area contributed by atoms with Gasteiger partial charge in [0.25, 0.3) is 5.91 Å². The number of aromatic nitrogens is 1. The second kappa shape index (κ2) is 8.42. The topological polar surface area (TPSA) is 74.3 Å². The third-order valence-electron chi connectivity index (χ3n) is 4.41. The summed E-state index contributed by atoms with van der Waals surface area (Å²) in [6.07, 6.45) is 5.18. The number of hydrogen-bond acceptors (Lipinski definition) is 4. The van der Waals surface area contributed by atoms with Crippen LogP contribution in [0.3, 0.4) is 0 Å². The molecule has 6 nitrogen and oxygen atoms in total. The number of hydrogen-bond donors (Lipinski definition) is 2. The minimum Gasteiger partial charge on any atom is -0.382 e. The highest BCUT2D eigenvalue weighted by atomic mass is 19.1. The van der Waals surface area contributed by atoms with Crippen molar-refractivity contribution in [1.29, 1.82) is 0 Å². The van der Waals surface area contributed by atoms with Crippen molar-refractivity contribution in [3.63, 3.8) is 0 Å². The molecule has 1 aliphatic rings. The number of carbonyl (C=O) groups excluding carboxylic acids is 2. The summed E-state index contributed by atoms with van der Waals surface area (Å²) in [5, 5.41) is 6.03. The maximum absolute atomic E-state index is 12.9. The molecular weight excluding hydrogens is 335 g/mol. The van der Waals surface area contributed by atoms with E-state index in [0.717, 1.165) is 18.5 Å². The lowest BCUT2D eigenvalue weighted by Gasteiger charge is -2.33. The van der Waals surface area contributed by atoms with E-state index in [1.54, 1.807) is 17.3 Å². The molecule has 0 unspecified atom stereocenters. The molecule has 1 saturated heterocycles. The largest absolute Gasteiger partial charge is 0.382 e. The zero-order valence-corrected chi connectivity index (χ0v) is 14.3. The van der Waals surface area contributed by atoms with Gasteiger partial charge in [0.2, 0.25) is 5.91 Å². The molecule has 0 spiro atoms. The van der Waals surface area contributed by atoms with Gasteiger partial charge in [0.05, 0.1) is 6.54 Å². The number of nitrogens with zero attached hydrogens (tertiary/aromatic N) is 2. The Bertz CT molecular complexity index is 744. The van der Waals surface area contributed by atoms with Crippen molar-refractivity contribution in [2.75, 3.05) is 25.0 Å². The minimum atomic E-state index is -0.402. The fourth-order valence-corrected chi connectivity index (χ4v) is 2.93. The van der Waals surface area contributed by atoms with E-state index in [2.05, 4.69) is 15.6 Å². The van der Waals surface area contributed by atoms with Crippen LogP contribution in [0.2, 0.25) is 0 Å². The van der Waals surface area contributed by atoms with Gasteiger partial charge in [-0.2, -0.15) is 0 Å². The highest BCUT2D eigenvalue weighted by Gasteiger charge is 2.23. The van der Waals surface area contributed by atoms with E-state index in [9.17, 15) is 14.0 Å². The van der Waals surface area contributed by atoms with Crippen molar-refractivity contribution >= 4 is 17.5 Å². The molecule has 2 heterocycles. The second-order valence-corrected chi connectivity index (χ2v) is 6.22. The van der Waals surface area contributed by atoms with Crippen LogP contribution in [0.5, 0.6) is 0 Å². The Morgan fingerprint density at radius 3 is 2.38 bits per heavy atom. The average molecular weight is 356 g/mol. The molecule has 0 saturated carbocycles. The monoisotopic (exact) mass is 356 g/mol. The molecule has 1 aliphatic heterocycles. The number of carbonyl (C=O) groups is 2. The molecule has 26 heavy (non-hydrogen) atoms. The molecule has 2 N–H and O–H groups in total. The number of rotatable bonds is 5. The zero-order valence-electron chi connectivity index (χ0n) is 14.3. The number of piperidine rings is 1. The van der Waals surface area contributed by atoms with Crippen molar-refractivity contribution in [2.45, 2.75) is 18.9 Å². The molecular formula is C19H21FN4O2. The Kier molecular flexibility index (Phi) is 5.78. The van der Waals surface area contributed by atoms with Gasteiger partial charge in [0.15, 0.2) is 0 Å². The van der Waals surface area contributed by atoms with E-state index in [0.29, 0.717) is 24.7 Å². The quantitative estimate of drug-likeness (QED) is 0.860. The molecule has 1 aromatic carbocycles. The molecule has 2 aromatic rings. The first-order valence-corrected chi connectivity index (χ1v) is 8.60. The Labute approximate surface area is 151 Å². The standard InChI is InChI=1S/C19H21FN4O2/c20-15-3-1-14(2-4-15)19(26)22-13-18(25)24-11-7-17(8-12-24)23-16-5-9-21-10-6-16/h1-6,9-10,17H,7-8,11-13H2,(H,21,23)(H,22,26). The highest BCUT2D eigenvalue weighted by Crippen LogP contribution is 2.16. The predicted molar refractivity (Wildman–Crippen MR) is 96.2 cm³/mol. The number of nitrogens with one attached hydrogen (secondary N) is 2. The zero-order chi connectivity index (χ0) is 18.4. The lowest BCUT2D eigenvalue weighted by atomic mass is 10.0. The third-order valence-corrected chi connectivity index (χ3v) is 4.41. The van der Waals surface area contributed by atoms with Gasteiger partial charge in [-0.15, -0.1) is 0 Å². The molecule has 1 aromatic heterocycles. The minimum absolute atomic E-state index is 0.0569. The molecule has 0 bridgehead atoms. The molecule has 7 heteroatoms. The van der Waals surface area contributed by atoms with E-state index >= 15 is 0 Å². The Morgan fingerprint density at radius 1 is 1.08 bits per heavy atom. The van der Waals surface area contributed by atoms with Gasteiger partial charge >= 0.3 is 0 Å². The SMILES string of the molecule is O=C(NCC(=O)N1CCC(Nc2ccncc2)CC1)c1ccc(F)cc1. The van der Waals surface area contributed by atoms with E-state index in [-0.39, 0.29) is 18.4 Å². The summed E-state index contributed by atoms with van der Waals surface area (Å²) >= 11 is 0. The summed E-state index contributed by atoms with van der Waals surface area (Å²) in [6, 6.07) is 9.38. The number of halogens is 1. The van der Waals surface area contributed by atoms with Crippen molar-refractivity contribution in [3.8, 4) is 0 Å². The summed E-state index contributed by atoms with van der Waals surface area (Å²) in [5.41, 5.74) is 1.36. The van der Waals surface area contributed by atoms with Crippen molar-refractivity contribution in [2.24, 2.45) is 0 Å². The molecule has 0 atom stereocenters. The summed E-state index contributed by atoms with van der Waals surface area (Å²) in [6.45, 7) is 1.24. The van der Waals surface area contributed by atoms with E-state index in [1.165, 1.54) is 24.3 Å². The van der Waals surface area contributed by atoms with Crippen LogP contribution in [-0.4, -0.2) is 47.4 Å². The molecule has 1 fully saturated rings. The smallest absolute Gasteiger partial charge is 0.251 e. The third kappa shape index (κ3) is 4.78. The first-order valence-electron chi connectivity index (χ1n) is 8.60. The summed E-state index contributed by atoms with van der Waals surface area (Å²) in [4.78, 5) is 30.0. The van der Waals surface area contributed by atoms with Crippen LogP contribution in [0.25, 0.3) is 0 Å². The van der Waals surface area contributed by atoms with E-state index < -0.39 is 5.82 Å². The lowest BCUT2D eigenvalue weighted by Crippen LogP contribution is -2.46. The number of benzene rings is 1. The maximum Gasteiger partial charge on any atom is 0.251 e. The van der Waals surface area contributed by atoms with Crippen molar-refractivity contribution in [3.05, 3.63) is 60.2 Å². The van der Waals surface area contributed by atoms with Gasteiger partial charge in [-0.25, -0.2) is 4.39 Å². The number of amides is 2. The van der Waals surface area contributed by atoms with Crippen LogP contribution < -0.4 is 10.6 Å². The van der Waals surface area contributed by atoms with E-state index in [4.69, 9.17) is 0 Å². The van der Waals surface area contributed by atoms with Crippen molar-refractivity contribution in [1.82, 2.24) is 15.2 Å². The second-order valence-electron chi connectivity index (χ2n) is 6.22. The van der Waals surface area contributed by atoms with Gasteiger partial charge in [-0.1, -0.05) is 0 Å². The normalized spacial score (nSPS) is 14.7. The Morgan fingerprint density at radius 2 is 1.73 bits per heavy atom. The average Bonchev–Trinajstić information content (AvgIpc) is 2.68. The summed E-state index contributed by atoms with van der Waals surface area (Å²) in [7, 11) is 0. The van der Waals surface area contributed by atoms with Crippen LogP contribution in [0.15, 0.2) is 48.8 Å². The van der Waals surface area contributed by atoms with E-state index in [1.807, 2.05) is 12.1 Å². The number of pyridine rings is 1. The molecule has 3 rings (SSSR count). The van der Waals surface area contributed by atoms with Gasteiger partial charge in [-0.3, -0.25) is 14.6 Å². The Hall–Kier alpha value is -2.96. The number of likely N-dealkylation sites (tertiary alicyclic amines) is 1. The van der Waals surface area contributed by atoms with Gasteiger partial charge < -0.3 is 15.5 Å². The molecule has 2 amide bonds. The van der Waals surface area contributed by atoms with Gasteiger partial charge in [-0.05, 0) is 49.2 Å². The maximum atomic E-state index is 12.9. The number of anilines is 1. The fourth-order valence-electron chi connectivity index (χ4n) is 2.93. The fraction of sp³-hybridized carbons (Fsp3) is 0.316. The molecule has 0 radical (unpaired) electrons. The van der Waals surface area contributed by atoms with Crippen molar-refractivity contribution < 1.29 is 14.0 Å². The van der Waals surface area contributed by atoms with Crippen LogP contribution in [-0.2, 0) is 4.79 Å².